The van der Waals surface area contributed by atoms with E-state index in [1.165, 1.54) is 21.6 Å². The smallest absolute Gasteiger partial charge is 0.286 e. The molecular weight excluding hydrogens is 382 g/mol. The molecule has 0 bridgehead atoms. The van der Waals surface area contributed by atoms with Crippen molar-refractivity contribution in [3.8, 4) is 0 Å². The zero-order valence-corrected chi connectivity index (χ0v) is 18.0. The lowest BCUT2D eigenvalue weighted by molar-refractivity contribution is -1.02. The molecule has 0 saturated carbocycles. The third kappa shape index (κ3) is 4.41. The second-order valence-corrected chi connectivity index (χ2v) is 8.83. The Bertz CT molecular complexity index is 994. The van der Waals surface area contributed by atoms with Gasteiger partial charge in [-0.1, -0.05) is 66.7 Å². The van der Waals surface area contributed by atoms with Gasteiger partial charge in [0.15, 0.2) is 6.54 Å². The molecule has 0 unspecified atom stereocenters. The van der Waals surface area contributed by atoms with Crippen molar-refractivity contribution in [3.05, 3.63) is 95.6 Å². The maximum Gasteiger partial charge on any atom is 0.286 e. The van der Waals surface area contributed by atoms with Gasteiger partial charge < -0.3 is 9.80 Å². The molecule has 5 rings (SSSR count). The summed E-state index contributed by atoms with van der Waals surface area (Å²) in [7, 11) is 0. The standard InChI is InChI=1S/C27H29N3O/c31-27(21-29-18-16-28(17-19-29)20-22-8-2-1-3-9-22)30-25-12-6-4-10-23(25)14-15-24-11-5-7-13-26(24)30/h1-13H,14-21H2/p+2. The van der Waals surface area contributed by atoms with Gasteiger partial charge in [-0.3, -0.25) is 9.69 Å². The molecule has 0 spiro atoms. The molecule has 2 aliphatic rings. The number of carbonyl (C=O) groups excluding carboxylic acids is 1. The minimum Gasteiger partial charge on any atom is -0.322 e. The number of carbonyl (C=O) groups is 1. The molecule has 158 valence electrons. The number of quaternary nitrogens is 2. The summed E-state index contributed by atoms with van der Waals surface area (Å²) in [5.41, 5.74) is 6.04. The Labute approximate surface area is 184 Å². The van der Waals surface area contributed by atoms with Gasteiger partial charge in [0.1, 0.15) is 32.7 Å². The van der Waals surface area contributed by atoms with Gasteiger partial charge in [-0.25, -0.2) is 0 Å². The van der Waals surface area contributed by atoms with E-state index in [2.05, 4.69) is 66.7 Å². The van der Waals surface area contributed by atoms with Crippen molar-refractivity contribution in [2.45, 2.75) is 19.4 Å². The van der Waals surface area contributed by atoms with E-state index in [9.17, 15) is 4.79 Å². The first kappa shape index (κ1) is 20.0. The van der Waals surface area contributed by atoms with E-state index in [0.717, 1.165) is 56.9 Å². The lowest BCUT2D eigenvalue weighted by atomic mass is 10.0. The van der Waals surface area contributed by atoms with Crippen LogP contribution in [0.2, 0.25) is 0 Å². The molecule has 1 fully saturated rings. The van der Waals surface area contributed by atoms with E-state index in [1.54, 1.807) is 4.90 Å². The zero-order chi connectivity index (χ0) is 21.0. The molecule has 31 heavy (non-hydrogen) atoms. The van der Waals surface area contributed by atoms with Gasteiger partial charge in [-0.15, -0.1) is 0 Å². The maximum atomic E-state index is 13.6. The molecule has 0 atom stereocenters. The van der Waals surface area contributed by atoms with Crippen LogP contribution in [-0.2, 0) is 24.2 Å². The number of nitrogens with zero attached hydrogens (tertiary/aromatic N) is 1. The van der Waals surface area contributed by atoms with Crippen LogP contribution in [-0.4, -0.2) is 38.6 Å². The van der Waals surface area contributed by atoms with Crippen molar-refractivity contribution >= 4 is 17.3 Å². The molecule has 1 saturated heterocycles. The molecular formula is C27H31N3O+2. The van der Waals surface area contributed by atoms with Crippen LogP contribution < -0.4 is 14.7 Å². The number of rotatable bonds is 4. The molecule has 0 aliphatic carbocycles. The Balaban J connectivity index is 1.29. The summed E-state index contributed by atoms with van der Waals surface area (Å²) in [5.74, 6) is 0.211. The second kappa shape index (κ2) is 9.04. The molecule has 0 aromatic heterocycles. The number of nitrogens with one attached hydrogen (secondary N) is 2. The molecule has 3 aromatic rings. The Morgan fingerprint density at radius 1 is 0.677 bits per heavy atom. The zero-order valence-electron chi connectivity index (χ0n) is 18.0. The van der Waals surface area contributed by atoms with Gasteiger partial charge in [0.2, 0.25) is 0 Å². The number of aryl methyl sites for hydroxylation is 2. The third-order valence-corrected chi connectivity index (χ3v) is 6.74. The van der Waals surface area contributed by atoms with Crippen LogP contribution in [0.3, 0.4) is 0 Å². The van der Waals surface area contributed by atoms with Gasteiger partial charge in [-0.05, 0) is 36.1 Å². The maximum absolute atomic E-state index is 13.6. The van der Waals surface area contributed by atoms with Gasteiger partial charge >= 0.3 is 0 Å². The molecule has 2 heterocycles. The quantitative estimate of drug-likeness (QED) is 0.666. The minimum absolute atomic E-state index is 0.211. The fourth-order valence-corrected chi connectivity index (χ4v) is 5.04. The Morgan fingerprint density at radius 2 is 1.19 bits per heavy atom. The van der Waals surface area contributed by atoms with Crippen molar-refractivity contribution in [2.24, 2.45) is 0 Å². The minimum atomic E-state index is 0.211. The van der Waals surface area contributed by atoms with Crippen LogP contribution >= 0.6 is 0 Å². The van der Waals surface area contributed by atoms with Crippen molar-refractivity contribution in [2.75, 3.05) is 37.6 Å². The van der Waals surface area contributed by atoms with Gasteiger partial charge in [0, 0.05) is 5.56 Å². The van der Waals surface area contributed by atoms with E-state index in [1.807, 2.05) is 17.0 Å². The highest BCUT2D eigenvalue weighted by Crippen LogP contribution is 2.35. The number of benzene rings is 3. The predicted octanol–water partition coefficient (Wildman–Crippen LogP) is 1.43. The highest BCUT2D eigenvalue weighted by atomic mass is 16.2. The van der Waals surface area contributed by atoms with Crippen LogP contribution in [0.5, 0.6) is 0 Å². The van der Waals surface area contributed by atoms with Crippen LogP contribution in [0.4, 0.5) is 11.4 Å². The number of hydrogen-bond donors (Lipinski definition) is 2. The average Bonchev–Trinajstić information content (AvgIpc) is 2.98. The summed E-state index contributed by atoms with van der Waals surface area (Å²) >= 11 is 0. The van der Waals surface area contributed by atoms with E-state index in [-0.39, 0.29) is 5.91 Å². The monoisotopic (exact) mass is 413 g/mol. The summed E-state index contributed by atoms with van der Waals surface area (Å²) < 4.78 is 0. The lowest BCUT2D eigenvalue weighted by Gasteiger charge is -2.31. The van der Waals surface area contributed by atoms with Crippen LogP contribution in [0.15, 0.2) is 78.9 Å². The second-order valence-electron chi connectivity index (χ2n) is 8.83. The topological polar surface area (TPSA) is 29.2 Å². The Kier molecular flexibility index (Phi) is 5.83. The number of fused-ring (bicyclic) bond motifs is 2. The molecule has 3 aromatic carbocycles. The third-order valence-electron chi connectivity index (χ3n) is 6.74. The summed E-state index contributed by atoms with van der Waals surface area (Å²) in [5, 5.41) is 0. The Hall–Kier alpha value is -2.95. The summed E-state index contributed by atoms with van der Waals surface area (Å²) in [6.07, 6.45) is 1.96. The van der Waals surface area contributed by atoms with Crippen molar-refractivity contribution in [3.63, 3.8) is 0 Å². The number of piperazine rings is 1. The Morgan fingerprint density at radius 3 is 1.81 bits per heavy atom. The highest BCUT2D eigenvalue weighted by Gasteiger charge is 2.30. The van der Waals surface area contributed by atoms with Gasteiger partial charge in [0.05, 0.1) is 11.4 Å². The van der Waals surface area contributed by atoms with E-state index in [0.29, 0.717) is 6.54 Å². The first-order valence-electron chi connectivity index (χ1n) is 11.5. The molecule has 1 amide bonds. The van der Waals surface area contributed by atoms with Crippen molar-refractivity contribution < 1.29 is 14.6 Å². The first-order chi connectivity index (χ1) is 15.3. The highest BCUT2D eigenvalue weighted by molar-refractivity contribution is 6.02. The molecule has 4 heteroatoms. The van der Waals surface area contributed by atoms with Crippen LogP contribution in [0, 0.1) is 0 Å². The first-order valence-corrected chi connectivity index (χ1v) is 11.5. The van der Waals surface area contributed by atoms with Gasteiger partial charge in [-0.2, -0.15) is 0 Å². The fourth-order valence-electron chi connectivity index (χ4n) is 5.04. The van der Waals surface area contributed by atoms with Crippen molar-refractivity contribution in [1.82, 2.24) is 0 Å². The fraction of sp³-hybridized carbons (Fsp3) is 0.296. The van der Waals surface area contributed by atoms with Crippen molar-refractivity contribution in [1.29, 1.82) is 0 Å². The number of amides is 1. The number of anilines is 2. The number of para-hydroxylation sites is 2. The summed E-state index contributed by atoms with van der Waals surface area (Å²) in [4.78, 5) is 18.6. The largest absolute Gasteiger partial charge is 0.322 e. The lowest BCUT2D eigenvalue weighted by Crippen LogP contribution is -3.28. The normalized spacial score (nSPS) is 20.5. The molecule has 4 nitrogen and oxygen atoms in total. The van der Waals surface area contributed by atoms with E-state index in [4.69, 9.17) is 0 Å². The summed E-state index contributed by atoms with van der Waals surface area (Å²) in [6.45, 7) is 5.96. The molecule has 2 aliphatic heterocycles. The predicted molar refractivity (Wildman–Crippen MR) is 124 cm³/mol. The SMILES string of the molecule is O=C(C[NH+]1CC[NH+](Cc2ccccc2)CC1)N1c2ccccc2CCc2ccccc21. The number of hydrogen-bond acceptors (Lipinski definition) is 1. The van der Waals surface area contributed by atoms with Crippen LogP contribution in [0.25, 0.3) is 0 Å². The molecule has 0 radical (unpaired) electrons. The van der Waals surface area contributed by atoms with E-state index < -0.39 is 0 Å². The van der Waals surface area contributed by atoms with E-state index >= 15 is 0 Å². The molecule has 2 N–H and O–H groups in total. The van der Waals surface area contributed by atoms with Gasteiger partial charge in [0.25, 0.3) is 5.91 Å². The van der Waals surface area contributed by atoms with Crippen LogP contribution in [0.1, 0.15) is 16.7 Å². The summed E-state index contributed by atoms with van der Waals surface area (Å²) in [6, 6.07) is 27.5. The average molecular weight is 414 g/mol.